The lowest BCUT2D eigenvalue weighted by atomic mass is 10.1. The summed E-state index contributed by atoms with van der Waals surface area (Å²) in [6.45, 7) is 1.94. The van der Waals surface area contributed by atoms with E-state index in [4.69, 9.17) is 4.98 Å². The maximum Gasteiger partial charge on any atom is 0.0760 e. The number of aromatic nitrogens is 3. The molecule has 21 heavy (non-hydrogen) atoms. The van der Waals surface area contributed by atoms with Gasteiger partial charge in [-0.25, -0.2) is 0 Å². The van der Waals surface area contributed by atoms with Crippen LogP contribution in [-0.4, -0.2) is 22.0 Å². The highest BCUT2D eigenvalue weighted by atomic mass is 14.9. The first-order valence-corrected chi connectivity index (χ1v) is 7.07. The van der Waals surface area contributed by atoms with Gasteiger partial charge in [-0.05, 0) is 26.1 Å². The van der Waals surface area contributed by atoms with E-state index in [1.807, 2.05) is 38.4 Å². The van der Waals surface area contributed by atoms with Gasteiger partial charge in [0.25, 0.3) is 0 Å². The molecule has 106 valence electrons. The molecule has 0 fully saturated rings. The fourth-order valence-electron chi connectivity index (χ4n) is 2.37. The van der Waals surface area contributed by atoms with Crippen LogP contribution >= 0.6 is 0 Å². The highest BCUT2D eigenvalue weighted by molar-refractivity contribution is 5.78. The summed E-state index contributed by atoms with van der Waals surface area (Å²) in [5.41, 5.74) is 3.95. The minimum atomic E-state index is 0.117. The first-order chi connectivity index (χ1) is 10.3. The summed E-state index contributed by atoms with van der Waals surface area (Å²) in [4.78, 5) is 13.5. The SMILES string of the molecule is CNC(Cc1ccc2ccccc2n1)c1cnc(C)cn1. The van der Waals surface area contributed by atoms with E-state index in [-0.39, 0.29) is 6.04 Å². The molecule has 4 heteroatoms. The Labute approximate surface area is 124 Å². The second kappa shape index (κ2) is 5.97. The van der Waals surface area contributed by atoms with Crippen LogP contribution in [0.25, 0.3) is 10.9 Å². The minimum Gasteiger partial charge on any atom is -0.311 e. The zero-order chi connectivity index (χ0) is 14.7. The van der Waals surface area contributed by atoms with Gasteiger partial charge in [0.15, 0.2) is 0 Å². The number of likely N-dealkylation sites (N-methyl/N-ethyl adjacent to an activating group) is 1. The molecule has 3 rings (SSSR count). The Morgan fingerprint density at radius 1 is 1.05 bits per heavy atom. The number of hydrogen-bond donors (Lipinski definition) is 1. The molecule has 0 saturated heterocycles. The topological polar surface area (TPSA) is 50.7 Å². The van der Waals surface area contributed by atoms with E-state index in [9.17, 15) is 0 Å². The number of rotatable bonds is 4. The van der Waals surface area contributed by atoms with Crippen molar-refractivity contribution in [1.29, 1.82) is 0 Å². The number of fused-ring (bicyclic) bond motifs is 1. The molecule has 1 atom stereocenters. The average molecular weight is 278 g/mol. The Balaban J connectivity index is 1.86. The van der Waals surface area contributed by atoms with Crippen LogP contribution in [-0.2, 0) is 6.42 Å². The molecule has 0 amide bonds. The van der Waals surface area contributed by atoms with Crippen LogP contribution in [0.2, 0.25) is 0 Å². The number of nitrogens with one attached hydrogen (secondary N) is 1. The highest BCUT2D eigenvalue weighted by Gasteiger charge is 2.13. The summed E-state index contributed by atoms with van der Waals surface area (Å²) in [5, 5.41) is 4.46. The second-order valence-corrected chi connectivity index (χ2v) is 5.12. The maximum atomic E-state index is 4.72. The fraction of sp³-hybridized carbons (Fsp3) is 0.235. The molecule has 2 heterocycles. The third kappa shape index (κ3) is 3.06. The van der Waals surface area contributed by atoms with Gasteiger partial charge in [-0.15, -0.1) is 0 Å². The summed E-state index contributed by atoms with van der Waals surface area (Å²) in [5.74, 6) is 0. The van der Waals surface area contributed by atoms with Crippen molar-refractivity contribution >= 4 is 10.9 Å². The van der Waals surface area contributed by atoms with Crippen LogP contribution in [0.3, 0.4) is 0 Å². The fourth-order valence-corrected chi connectivity index (χ4v) is 2.37. The van der Waals surface area contributed by atoms with Gasteiger partial charge in [0.1, 0.15) is 0 Å². The lowest BCUT2D eigenvalue weighted by molar-refractivity contribution is 0.566. The lowest BCUT2D eigenvalue weighted by Gasteiger charge is -2.15. The van der Waals surface area contributed by atoms with Gasteiger partial charge < -0.3 is 5.32 Å². The molecule has 0 spiro atoms. The van der Waals surface area contributed by atoms with Crippen molar-refractivity contribution in [2.24, 2.45) is 0 Å². The number of pyridine rings is 1. The third-order valence-corrected chi connectivity index (χ3v) is 3.58. The molecule has 1 aromatic carbocycles. The van der Waals surface area contributed by atoms with E-state index in [1.54, 1.807) is 6.20 Å². The van der Waals surface area contributed by atoms with Gasteiger partial charge >= 0.3 is 0 Å². The zero-order valence-electron chi connectivity index (χ0n) is 12.2. The Hall–Kier alpha value is -2.33. The zero-order valence-corrected chi connectivity index (χ0v) is 12.2. The van der Waals surface area contributed by atoms with Gasteiger partial charge in [0.05, 0.1) is 29.1 Å². The maximum absolute atomic E-state index is 4.72. The summed E-state index contributed by atoms with van der Waals surface area (Å²) in [6.07, 6.45) is 4.42. The smallest absolute Gasteiger partial charge is 0.0760 e. The van der Waals surface area contributed by atoms with Crippen molar-refractivity contribution in [3.05, 3.63) is 65.9 Å². The van der Waals surface area contributed by atoms with Gasteiger partial charge in [0, 0.05) is 23.7 Å². The Morgan fingerprint density at radius 3 is 2.67 bits per heavy atom. The van der Waals surface area contributed by atoms with Crippen LogP contribution in [0, 0.1) is 6.92 Å². The van der Waals surface area contributed by atoms with E-state index in [2.05, 4.69) is 33.5 Å². The molecule has 0 bridgehead atoms. The normalized spacial score (nSPS) is 12.5. The Bertz CT molecular complexity index is 737. The van der Waals surface area contributed by atoms with Gasteiger partial charge in [-0.1, -0.05) is 24.3 Å². The summed E-state index contributed by atoms with van der Waals surface area (Å²) in [7, 11) is 1.94. The van der Waals surface area contributed by atoms with Crippen molar-refractivity contribution in [3.63, 3.8) is 0 Å². The quantitative estimate of drug-likeness (QED) is 0.797. The van der Waals surface area contributed by atoms with E-state index < -0.39 is 0 Å². The predicted molar refractivity (Wildman–Crippen MR) is 84.0 cm³/mol. The monoisotopic (exact) mass is 278 g/mol. The summed E-state index contributed by atoms with van der Waals surface area (Å²) in [6, 6.07) is 12.5. The minimum absolute atomic E-state index is 0.117. The van der Waals surface area contributed by atoms with Gasteiger partial charge in [-0.3, -0.25) is 15.0 Å². The molecule has 4 nitrogen and oxygen atoms in total. The van der Waals surface area contributed by atoms with Crippen molar-refractivity contribution in [1.82, 2.24) is 20.3 Å². The first-order valence-electron chi connectivity index (χ1n) is 7.07. The molecule has 0 saturated carbocycles. The van der Waals surface area contributed by atoms with E-state index in [0.29, 0.717) is 0 Å². The van der Waals surface area contributed by atoms with Crippen molar-refractivity contribution in [3.8, 4) is 0 Å². The molecule has 1 N–H and O–H groups in total. The molecule has 0 radical (unpaired) electrons. The molecule has 0 aliphatic rings. The van der Waals surface area contributed by atoms with Crippen molar-refractivity contribution in [2.45, 2.75) is 19.4 Å². The van der Waals surface area contributed by atoms with Gasteiger partial charge in [0.2, 0.25) is 0 Å². The van der Waals surface area contributed by atoms with E-state index >= 15 is 0 Å². The molecule has 3 aromatic rings. The molecule has 0 aliphatic heterocycles. The predicted octanol–water partition coefficient (Wildman–Crippen LogP) is 2.84. The molecular formula is C17H18N4. The Kier molecular flexibility index (Phi) is 3.88. The van der Waals surface area contributed by atoms with Crippen molar-refractivity contribution < 1.29 is 0 Å². The van der Waals surface area contributed by atoms with E-state index in [1.165, 1.54) is 0 Å². The lowest BCUT2D eigenvalue weighted by Crippen LogP contribution is -2.20. The van der Waals surface area contributed by atoms with Crippen molar-refractivity contribution in [2.75, 3.05) is 7.05 Å². The Morgan fingerprint density at radius 2 is 1.90 bits per heavy atom. The number of nitrogens with zero attached hydrogens (tertiary/aromatic N) is 3. The van der Waals surface area contributed by atoms with Crippen LogP contribution in [0.15, 0.2) is 48.8 Å². The highest BCUT2D eigenvalue weighted by Crippen LogP contribution is 2.17. The van der Waals surface area contributed by atoms with Gasteiger partial charge in [-0.2, -0.15) is 0 Å². The van der Waals surface area contributed by atoms with Crippen LogP contribution in [0.4, 0.5) is 0 Å². The van der Waals surface area contributed by atoms with E-state index in [0.717, 1.165) is 34.4 Å². The second-order valence-electron chi connectivity index (χ2n) is 5.12. The molecule has 1 unspecified atom stereocenters. The number of hydrogen-bond acceptors (Lipinski definition) is 4. The average Bonchev–Trinajstić information content (AvgIpc) is 2.53. The molecule has 0 aliphatic carbocycles. The van der Waals surface area contributed by atoms with Crippen LogP contribution in [0.1, 0.15) is 23.1 Å². The first kappa shape index (κ1) is 13.6. The third-order valence-electron chi connectivity index (χ3n) is 3.58. The summed E-state index contributed by atoms with van der Waals surface area (Å²) >= 11 is 0. The number of para-hydroxylation sites is 1. The number of aryl methyl sites for hydroxylation is 1. The standard InChI is InChI=1S/C17H18N4/c1-12-10-20-17(11-19-12)16(18-2)9-14-8-7-13-5-3-4-6-15(13)21-14/h3-8,10-11,16,18H,9H2,1-2H3. The summed E-state index contributed by atoms with van der Waals surface area (Å²) < 4.78 is 0. The molecular weight excluding hydrogens is 260 g/mol. The van der Waals surface area contributed by atoms with Crippen LogP contribution < -0.4 is 5.32 Å². The van der Waals surface area contributed by atoms with Crippen LogP contribution in [0.5, 0.6) is 0 Å². The largest absolute Gasteiger partial charge is 0.311 e. The molecule has 2 aromatic heterocycles. The number of benzene rings is 1.